The van der Waals surface area contributed by atoms with Crippen molar-refractivity contribution in [3.8, 4) is 0 Å². The van der Waals surface area contributed by atoms with E-state index in [0.29, 0.717) is 32.5 Å². The Hall–Kier alpha value is -4.05. The molecule has 0 aromatic heterocycles. The van der Waals surface area contributed by atoms with E-state index in [2.05, 4.69) is 0 Å². The van der Waals surface area contributed by atoms with Gasteiger partial charge in [-0.2, -0.15) is 0 Å². The molecule has 1 aliphatic heterocycles. The average molecular weight is 522 g/mol. The Morgan fingerprint density at radius 1 is 0.973 bits per heavy atom. The van der Waals surface area contributed by atoms with Gasteiger partial charge in [0.2, 0.25) is 5.91 Å². The molecule has 4 rings (SSSR count). The highest BCUT2D eigenvalue weighted by Gasteiger charge is 2.32. The van der Waals surface area contributed by atoms with E-state index in [1.807, 2.05) is 60.7 Å². The van der Waals surface area contributed by atoms with E-state index in [0.717, 1.165) is 29.6 Å². The molecule has 1 heterocycles. The fraction of sp³-hybridized carbons (Fsp3) is 0.259. The third-order valence-electron chi connectivity index (χ3n) is 6.45. The molecule has 10 heteroatoms. The molecular formula is C27H27N3O6S. The van der Waals surface area contributed by atoms with Crippen LogP contribution >= 0.6 is 0 Å². The normalized spacial score (nSPS) is 14.2. The molecule has 1 aliphatic rings. The molecule has 0 radical (unpaired) electrons. The highest BCUT2D eigenvalue weighted by molar-refractivity contribution is 7.90. The second-order valence-corrected chi connectivity index (χ2v) is 11.0. The molecule has 1 fully saturated rings. The highest BCUT2D eigenvalue weighted by atomic mass is 32.2. The Kier molecular flexibility index (Phi) is 7.68. The number of hydrogen-bond acceptors (Lipinski definition) is 6. The standard InChI is InChI=1S/C27H27N3O6S/c1-37(35,36)25-13-12-22(18-24(25)30(33)34)26(31)28-16-14-21(15-17-28)27(32)29(23-10-6-3-7-11-23)19-20-8-4-2-5-9-20/h2-13,18,21H,14-17,19H2,1H3. The summed E-state index contributed by atoms with van der Waals surface area (Å²) < 4.78 is 23.8. The number of likely N-dealkylation sites (tertiary alicyclic amines) is 1. The van der Waals surface area contributed by atoms with Gasteiger partial charge in [-0.05, 0) is 42.7 Å². The van der Waals surface area contributed by atoms with Gasteiger partial charge in [-0.25, -0.2) is 8.42 Å². The molecule has 1 saturated heterocycles. The zero-order chi connectivity index (χ0) is 26.6. The van der Waals surface area contributed by atoms with Crippen LogP contribution in [-0.2, 0) is 21.2 Å². The molecule has 3 aromatic carbocycles. The number of nitro benzene ring substituents is 1. The summed E-state index contributed by atoms with van der Waals surface area (Å²) in [7, 11) is -3.83. The second kappa shape index (κ2) is 10.9. The van der Waals surface area contributed by atoms with Crippen molar-refractivity contribution in [1.29, 1.82) is 0 Å². The van der Waals surface area contributed by atoms with Crippen molar-refractivity contribution in [3.05, 3.63) is 100 Å². The Balaban J connectivity index is 1.48. The van der Waals surface area contributed by atoms with Crippen LogP contribution in [0, 0.1) is 16.0 Å². The van der Waals surface area contributed by atoms with Gasteiger partial charge in [0, 0.05) is 42.6 Å². The third kappa shape index (κ3) is 6.03. The van der Waals surface area contributed by atoms with Crippen molar-refractivity contribution in [3.63, 3.8) is 0 Å². The smallest absolute Gasteiger partial charge is 0.288 e. The zero-order valence-corrected chi connectivity index (χ0v) is 21.1. The van der Waals surface area contributed by atoms with Gasteiger partial charge in [-0.15, -0.1) is 0 Å². The van der Waals surface area contributed by atoms with Crippen molar-refractivity contribution in [1.82, 2.24) is 4.90 Å². The van der Waals surface area contributed by atoms with Crippen LogP contribution in [0.4, 0.5) is 11.4 Å². The maximum Gasteiger partial charge on any atom is 0.288 e. The fourth-order valence-corrected chi connectivity index (χ4v) is 5.34. The first-order chi connectivity index (χ1) is 17.6. The minimum absolute atomic E-state index is 0.0182. The van der Waals surface area contributed by atoms with Crippen molar-refractivity contribution in [2.75, 3.05) is 24.2 Å². The summed E-state index contributed by atoms with van der Waals surface area (Å²) in [5.41, 5.74) is 1.22. The fourth-order valence-electron chi connectivity index (χ4n) is 4.51. The predicted octanol–water partition coefficient (Wildman–Crippen LogP) is 4.08. The number of nitrogens with zero attached hydrogens (tertiary/aromatic N) is 3. The SMILES string of the molecule is CS(=O)(=O)c1ccc(C(=O)N2CCC(C(=O)N(Cc3ccccc3)c3ccccc3)CC2)cc1[N+](=O)[O-]. The maximum absolute atomic E-state index is 13.6. The summed E-state index contributed by atoms with van der Waals surface area (Å²) >= 11 is 0. The topological polar surface area (TPSA) is 118 Å². The van der Waals surface area contributed by atoms with E-state index in [4.69, 9.17) is 0 Å². The van der Waals surface area contributed by atoms with E-state index in [-0.39, 0.29) is 17.4 Å². The minimum Gasteiger partial charge on any atom is -0.339 e. The molecule has 192 valence electrons. The van der Waals surface area contributed by atoms with Crippen molar-refractivity contribution < 1.29 is 22.9 Å². The lowest BCUT2D eigenvalue weighted by Gasteiger charge is -2.34. The summed E-state index contributed by atoms with van der Waals surface area (Å²) in [6.07, 6.45) is 1.79. The number of rotatable bonds is 7. The number of amides is 2. The largest absolute Gasteiger partial charge is 0.339 e. The number of anilines is 1. The molecule has 0 spiro atoms. The summed E-state index contributed by atoms with van der Waals surface area (Å²) in [6, 6.07) is 22.6. The molecule has 2 amide bonds. The first-order valence-electron chi connectivity index (χ1n) is 11.8. The number of carbonyl (C=O) groups excluding carboxylic acids is 2. The van der Waals surface area contributed by atoms with Gasteiger partial charge in [0.15, 0.2) is 9.84 Å². The van der Waals surface area contributed by atoms with Gasteiger partial charge in [0.05, 0.1) is 11.5 Å². The van der Waals surface area contributed by atoms with Gasteiger partial charge in [0.25, 0.3) is 11.6 Å². The van der Waals surface area contributed by atoms with Gasteiger partial charge in [-0.3, -0.25) is 19.7 Å². The van der Waals surface area contributed by atoms with Gasteiger partial charge < -0.3 is 9.80 Å². The second-order valence-electron chi connectivity index (χ2n) is 9.02. The minimum atomic E-state index is -3.83. The number of carbonyl (C=O) groups is 2. The number of para-hydroxylation sites is 1. The number of nitro groups is 1. The van der Waals surface area contributed by atoms with Crippen LogP contribution in [0.5, 0.6) is 0 Å². The molecule has 0 atom stereocenters. The van der Waals surface area contributed by atoms with Gasteiger partial charge >= 0.3 is 0 Å². The molecular weight excluding hydrogens is 494 g/mol. The third-order valence-corrected chi connectivity index (χ3v) is 7.60. The van der Waals surface area contributed by atoms with Crippen molar-refractivity contribution in [2.24, 2.45) is 5.92 Å². The number of piperidine rings is 1. The van der Waals surface area contributed by atoms with Crippen LogP contribution in [0.3, 0.4) is 0 Å². The summed E-state index contributed by atoms with van der Waals surface area (Å²) in [6.45, 7) is 1.05. The van der Waals surface area contributed by atoms with Gasteiger partial charge in [0.1, 0.15) is 4.90 Å². The average Bonchev–Trinajstić information content (AvgIpc) is 2.91. The Morgan fingerprint density at radius 3 is 2.14 bits per heavy atom. The summed E-state index contributed by atoms with van der Waals surface area (Å²) in [4.78, 5) is 40.2. The molecule has 0 unspecified atom stereocenters. The van der Waals surface area contributed by atoms with E-state index in [9.17, 15) is 28.1 Å². The molecule has 37 heavy (non-hydrogen) atoms. The van der Waals surface area contributed by atoms with Crippen molar-refractivity contribution in [2.45, 2.75) is 24.3 Å². The quantitative estimate of drug-likeness (QED) is 0.341. The monoisotopic (exact) mass is 521 g/mol. The van der Waals surface area contributed by atoms with Crippen LogP contribution in [0.25, 0.3) is 0 Å². The Labute approximate surface area is 215 Å². The number of hydrogen-bond donors (Lipinski definition) is 0. The van der Waals surface area contributed by atoms with Gasteiger partial charge in [-0.1, -0.05) is 48.5 Å². The Bertz CT molecular complexity index is 1400. The van der Waals surface area contributed by atoms with E-state index in [1.165, 1.54) is 6.07 Å². The molecule has 0 N–H and O–H groups in total. The van der Waals surface area contributed by atoms with Crippen LogP contribution in [0.2, 0.25) is 0 Å². The molecule has 0 aliphatic carbocycles. The summed E-state index contributed by atoms with van der Waals surface area (Å²) in [5.74, 6) is -0.733. The van der Waals surface area contributed by atoms with Crippen molar-refractivity contribution >= 4 is 33.0 Å². The predicted molar refractivity (Wildman–Crippen MR) is 139 cm³/mol. The number of sulfone groups is 1. The van der Waals surface area contributed by atoms with E-state index >= 15 is 0 Å². The number of benzene rings is 3. The van der Waals surface area contributed by atoms with Crippen LogP contribution < -0.4 is 4.90 Å². The summed E-state index contributed by atoms with van der Waals surface area (Å²) in [5, 5.41) is 11.4. The maximum atomic E-state index is 13.6. The van der Waals surface area contributed by atoms with E-state index < -0.39 is 31.3 Å². The lowest BCUT2D eigenvalue weighted by Crippen LogP contribution is -2.44. The lowest BCUT2D eigenvalue weighted by molar-refractivity contribution is -0.387. The zero-order valence-electron chi connectivity index (χ0n) is 20.3. The van der Waals surface area contributed by atoms with E-state index in [1.54, 1.807) is 9.80 Å². The molecule has 9 nitrogen and oxygen atoms in total. The molecule has 0 saturated carbocycles. The molecule has 3 aromatic rings. The van der Waals surface area contributed by atoms with Crippen LogP contribution in [0.15, 0.2) is 83.8 Å². The Morgan fingerprint density at radius 2 is 1.57 bits per heavy atom. The lowest BCUT2D eigenvalue weighted by atomic mass is 9.94. The highest BCUT2D eigenvalue weighted by Crippen LogP contribution is 2.28. The van der Waals surface area contributed by atoms with Crippen LogP contribution in [-0.4, -0.2) is 49.4 Å². The molecule has 0 bridgehead atoms. The first kappa shape index (κ1) is 26.0. The first-order valence-corrected chi connectivity index (χ1v) is 13.7. The van der Waals surface area contributed by atoms with Crippen LogP contribution in [0.1, 0.15) is 28.8 Å².